The zero-order valence-electron chi connectivity index (χ0n) is 41.3. The summed E-state index contributed by atoms with van der Waals surface area (Å²) in [4.78, 5) is 42.3. The molecule has 0 bridgehead atoms. The number of hydrogen-bond acceptors (Lipinski definition) is 9. The molecule has 2 aliphatic carbocycles. The van der Waals surface area contributed by atoms with Gasteiger partial charge in [0.25, 0.3) is 0 Å². The maximum atomic E-state index is 14.4. The summed E-state index contributed by atoms with van der Waals surface area (Å²) in [6, 6.07) is 4.32. The first-order valence-corrected chi connectivity index (χ1v) is 24.4. The molecule has 9 nitrogen and oxygen atoms in total. The Bertz CT molecular complexity index is 1480. The molecular formula is C52H88N2O7. The molecule has 9 heteroatoms. The second kappa shape index (κ2) is 19.5. The van der Waals surface area contributed by atoms with E-state index in [4.69, 9.17) is 19.1 Å². The van der Waals surface area contributed by atoms with E-state index in [1.54, 1.807) is 0 Å². The summed E-state index contributed by atoms with van der Waals surface area (Å²) in [7, 11) is 0. The molecule has 0 amide bonds. The van der Waals surface area contributed by atoms with Crippen LogP contribution in [0.1, 0.15) is 229 Å². The van der Waals surface area contributed by atoms with E-state index in [0.717, 1.165) is 56.1 Å². The number of carbonyl (C=O) groups is 2. The molecule has 0 spiro atoms. The summed E-state index contributed by atoms with van der Waals surface area (Å²) < 4.78 is 12.8. The molecule has 2 saturated carbocycles. The van der Waals surface area contributed by atoms with Gasteiger partial charge in [0, 0.05) is 47.8 Å². The van der Waals surface area contributed by atoms with Crippen molar-refractivity contribution >= 4 is 11.9 Å². The van der Waals surface area contributed by atoms with E-state index in [9.17, 15) is 14.7 Å². The number of aromatic hydroxyl groups is 1. The van der Waals surface area contributed by atoms with E-state index in [0.29, 0.717) is 44.3 Å². The van der Waals surface area contributed by atoms with Crippen molar-refractivity contribution in [3.63, 3.8) is 0 Å². The number of rotatable bonds is 14. The van der Waals surface area contributed by atoms with Gasteiger partial charge in [-0.15, -0.1) is 0 Å². The Kier molecular flexibility index (Phi) is 15.9. The molecule has 2 saturated heterocycles. The van der Waals surface area contributed by atoms with Gasteiger partial charge in [0.2, 0.25) is 0 Å². The standard InChI is InChI=1S/C52H88N2O7/c1-47(2,3)42-30-36(31-43(44(42)55)48(4,5)6)24-18-15-23-29-41(45(56)58-39-32-49(7,8)53(50(9,10)33-39)60-37-25-19-16-20-26-37)46(57)59-40-34-51(11,12)54(52(13,14)35-40)61-38-27-21-17-22-28-38/h30-31,37-41,55H,15-29,32-35H2,1-14H3. The molecule has 0 unspecified atom stereocenters. The number of nitrogens with zero attached hydrogens (tertiary/aromatic N) is 2. The summed E-state index contributed by atoms with van der Waals surface area (Å²) in [5.74, 6) is -1.54. The Morgan fingerprint density at radius 3 is 1.30 bits per heavy atom. The Labute approximate surface area is 371 Å². The van der Waals surface area contributed by atoms with Gasteiger partial charge in [0.05, 0.1) is 12.2 Å². The summed E-state index contributed by atoms with van der Waals surface area (Å²) in [6.45, 7) is 30.3. The van der Waals surface area contributed by atoms with Crippen LogP contribution in [0.4, 0.5) is 0 Å². The van der Waals surface area contributed by atoms with Gasteiger partial charge < -0.3 is 14.6 Å². The third-order valence-corrected chi connectivity index (χ3v) is 14.1. The summed E-state index contributed by atoms with van der Waals surface area (Å²) in [5, 5.41) is 15.6. The van der Waals surface area contributed by atoms with E-state index in [1.165, 1.54) is 44.1 Å². The highest BCUT2D eigenvalue weighted by Crippen LogP contribution is 2.44. The molecular weight excluding hydrogens is 765 g/mol. The highest BCUT2D eigenvalue weighted by atomic mass is 16.7. The second-order valence-corrected chi connectivity index (χ2v) is 24.2. The lowest BCUT2D eigenvalue weighted by Gasteiger charge is -2.54. The highest BCUT2D eigenvalue weighted by Gasteiger charge is 2.51. The van der Waals surface area contributed by atoms with Crippen LogP contribution < -0.4 is 0 Å². The molecule has 2 aliphatic heterocycles. The normalized spacial score (nSPS) is 23.6. The van der Waals surface area contributed by atoms with Crippen molar-refractivity contribution < 1.29 is 33.8 Å². The number of unbranched alkanes of at least 4 members (excludes halogenated alkanes) is 2. The van der Waals surface area contributed by atoms with Gasteiger partial charge in [-0.05, 0) is 128 Å². The average molecular weight is 853 g/mol. The van der Waals surface area contributed by atoms with Gasteiger partial charge in [-0.25, -0.2) is 0 Å². The van der Waals surface area contributed by atoms with Crippen molar-refractivity contribution in [2.45, 2.75) is 276 Å². The number of aryl methyl sites for hydroxylation is 1. The highest BCUT2D eigenvalue weighted by molar-refractivity contribution is 5.95. The predicted molar refractivity (Wildman–Crippen MR) is 245 cm³/mol. The minimum Gasteiger partial charge on any atom is -0.507 e. The van der Waals surface area contributed by atoms with Gasteiger partial charge in [-0.1, -0.05) is 105 Å². The quantitative estimate of drug-likeness (QED) is 0.111. The third-order valence-electron chi connectivity index (χ3n) is 14.1. The van der Waals surface area contributed by atoms with E-state index < -0.39 is 17.9 Å². The van der Waals surface area contributed by atoms with Crippen LogP contribution >= 0.6 is 0 Å². The summed E-state index contributed by atoms with van der Waals surface area (Å²) >= 11 is 0. The Morgan fingerprint density at radius 1 is 0.590 bits per heavy atom. The fourth-order valence-corrected chi connectivity index (χ4v) is 11.4. The number of phenols is 1. The molecule has 4 aliphatic rings. The summed E-state index contributed by atoms with van der Waals surface area (Å²) in [5.41, 5.74) is 1.31. The predicted octanol–water partition coefficient (Wildman–Crippen LogP) is 12.4. The second-order valence-electron chi connectivity index (χ2n) is 24.2. The number of carbonyl (C=O) groups excluding carboxylic acids is 2. The monoisotopic (exact) mass is 853 g/mol. The van der Waals surface area contributed by atoms with E-state index in [2.05, 4.69) is 119 Å². The fraction of sp³-hybridized carbons (Fsp3) is 0.846. The van der Waals surface area contributed by atoms with Crippen molar-refractivity contribution in [1.82, 2.24) is 10.1 Å². The van der Waals surface area contributed by atoms with Gasteiger partial charge in [0.1, 0.15) is 18.0 Å². The Hall–Kier alpha value is -2.20. The minimum atomic E-state index is -1.00. The first kappa shape index (κ1) is 49.8. The van der Waals surface area contributed by atoms with Gasteiger partial charge in [-0.2, -0.15) is 10.1 Å². The number of phenolic OH excluding ortho intramolecular Hbond substituents is 1. The molecule has 0 aromatic heterocycles. The molecule has 4 fully saturated rings. The fourth-order valence-electron chi connectivity index (χ4n) is 11.4. The minimum absolute atomic E-state index is 0.193. The zero-order chi connectivity index (χ0) is 45.2. The number of ether oxygens (including phenoxy) is 2. The van der Waals surface area contributed by atoms with Gasteiger partial charge in [0.15, 0.2) is 5.92 Å². The third kappa shape index (κ3) is 13.0. The summed E-state index contributed by atoms with van der Waals surface area (Å²) in [6.07, 6.45) is 17.6. The number of benzene rings is 1. The van der Waals surface area contributed by atoms with Crippen LogP contribution in [0.2, 0.25) is 0 Å². The zero-order valence-corrected chi connectivity index (χ0v) is 41.3. The molecule has 0 radical (unpaired) electrons. The lowest BCUT2D eigenvalue weighted by Crippen LogP contribution is -2.63. The van der Waals surface area contributed by atoms with Crippen molar-refractivity contribution in [3.05, 3.63) is 28.8 Å². The number of hydrogen-bond donors (Lipinski definition) is 1. The van der Waals surface area contributed by atoms with Crippen molar-refractivity contribution in [3.8, 4) is 5.75 Å². The van der Waals surface area contributed by atoms with E-state index >= 15 is 0 Å². The number of hydroxylamine groups is 4. The smallest absolute Gasteiger partial charge is 0.320 e. The van der Waals surface area contributed by atoms with Crippen molar-refractivity contribution in [1.29, 1.82) is 0 Å². The van der Waals surface area contributed by atoms with Crippen molar-refractivity contribution in [2.24, 2.45) is 5.92 Å². The van der Waals surface area contributed by atoms with Crippen LogP contribution in [0.15, 0.2) is 12.1 Å². The molecule has 61 heavy (non-hydrogen) atoms. The Balaban J connectivity index is 1.28. The van der Waals surface area contributed by atoms with Crippen molar-refractivity contribution in [2.75, 3.05) is 0 Å². The molecule has 1 aromatic rings. The average Bonchev–Trinajstić information content (AvgIpc) is 3.12. The lowest BCUT2D eigenvalue weighted by atomic mass is 9.78. The maximum absolute atomic E-state index is 14.4. The molecule has 348 valence electrons. The topological polar surface area (TPSA) is 97.8 Å². The number of esters is 2. The molecule has 1 aromatic carbocycles. The van der Waals surface area contributed by atoms with Gasteiger partial charge >= 0.3 is 11.9 Å². The van der Waals surface area contributed by atoms with E-state index in [1.807, 2.05) is 0 Å². The molecule has 2 heterocycles. The molecule has 0 atom stereocenters. The first-order valence-electron chi connectivity index (χ1n) is 24.4. The first-order chi connectivity index (χ1) is 28.2. The maximum Gasteiger partial charge on any atom is 0.320 e. The molecule has 1 N–H and O–H groups in total. The van der Waals surface area contributed by atoms with Crippen LogP contribution in [0.5, 0.6) is 5.75 Å². The van der Waals surface area contributed by atoms with Crippen LogP contribution in [0, 0.1) is 5.92 Å². The largest absolute Gasteiger partial charge is 0.507 e. The number of piperidine rings is 2. The van der Waals surface area contributed by atoms with E-state index in [-0.39, 0.29) is 57.4 Å². The lowest BCUT2D eigenvalue weighted by molar-refractivity contribution is -0.318. The van der Waals surface area contributed by atoms with Crippen LogP contribution in [-0.4, -0.2) is 73.7 Å². The molecule has 5 rings (SSSR count). The van der Waals surface area contributed by atoms with Crippen LogP contribution in [-0.2, 0) is 46.0 Å². The Morgan fingerprint density at radius 2 is 0.951 bits per heavy atom. The van der Waals surface area contributed by atoms with Gasteiger partial charge in [-0.3, -0.25) is 19.3 Å². The SMILES string of the molecule is CC(C)(C)c1cc(CCCCCC(C(=O)OC2CC(C)(C)N(OC3CCCCC3)C(C)(C)C2)C(=O)OC2CC(C)(C)N(OC3CCCCC3)C(C)(C)C2)cc(C(C)(C)C)c1O. The van der Waals surface area contributed by atoms with Crippen LogP contribution in [0.3, 0.4) is 0 Å². The van der Waals surface area contributed by atoms with Crippen LogP contribution in [0.25, 0.3) is 0 Å².